The maximum absolute atomic E-state index is 6.12. The molecule has 1 aliphatic rings. The zero-order valence-corrected chi connectivity index (χ0v) is 17.8. The van der Waals surface area contributed by atoms with Gasteiger partial charge in [0.05, 0.1) is 12.1 Å². The highest BCUT2D eigenvalue weighted by Gasteiger charge is 2.22. The number of aliphatic imine (C=N–C) groups is 1. The molecular weight excluding hydrogens is 463 g/mol. The first-order valence-corrected chi connectivity index (χ1v) is 8.74. The number of para-hydroxylation sites is 1. The highest BCUT2D eigenvalue weighted by Crippen LogP contribution is 2.27. The number of guanidine groups is 1. The van der Waals surface area contributed by atoms with Crippen LogP contribution in [-0.4, -0.2) is 32.7 Å². The van der Waals surface area contributed by atoms with E-state index in [4.69, 9.17) is 22.1 Å². The number of nitrogens with zero attached hydrogens (tertiary/aromatic N) is 2. The zero-order valence-electron chi connectivity index (χ0n) is 14.7. The number of anilines is 2. The highest BCUT2D eigenvalue weighted by molar-refractivity contribution is 14.0. The number of ether oxygens (including phenoxy) is 1. The van der Waals surface area contributed by atoms with Crippen LogP contribution in [0.4, 0.5) is 11.4 Å². The summed E-state index contributed by atoms with van der Waals surface area (Å²) < 4.78 is 5.14. The lowest BCUT2D eigenvalue weighted by Crippen LogP contribution is -2.25. The summed E-state index contributed by atoms with van der Waals surface area (Å²) in [7, 11) is 1.59. The summed E-state index contributed by atoms with van der Waals surface area (Å²) >= 11 is 6.12. The quantitative estimate of drug-likeness (QED) is 0.377. The Bertz CT molecular complexity index is 742. The van der Waals surface area contributed by atoms with Crippen molar-refractivity contribution in [2.45, 2.75) is 6.42 Å². The average Bonchev–Trinajstić information content (AvgIpc) is 3.10. The molecule has 3 N–H and O–H groups in total. The molecule has 0 spiro atoms. The van der Waals surface area contributed by atoms with E-state index >= 15 is 0 Å². The number of nitrogens with one attached hydrogen (secondary N) is 1. The van der Waals surface area contributed by atoms with Crippen molar-refractivity contribution < 1.29 is 4.74 Å². The SMILES string of the molecule is COc1ccc(NC(N)=NCC2CCN(c3ccccc3)C2)cc1Cl.I. The summed E-state index contributed by atoms with van der Waals surface area (Å²) in [6.07, 6.45) is 1.13. The Hall–Kier alpha value is -1.67. The van der Waals surface area contributed by atoms with Gasteiger partial charge in [0.25, 0.3) is 0 Å². The minimum absolute atomic E-state index is 0. The van der Waals surface area contributed by atoms with E-state index in [0.29, 0.717) is 29.2 Å². The third-order valence-corrected chi connectivity index (χ3v) is 4.65. The van der Waals surface area contributed by atoms with E-state index in [1.54, 1.807) is 19.2 Å². The fourth-order valence-corrected chi connectivity index (χ4v) is 3.27. The van der Waals surface area contributed by atoms with Crippen LogP contribution >= 0.6 is 35.6 Å². The van der Waals surface area contributed by atoms with Crippen LogP contribution in [0.2, 0.25) is 5.02 Å². The molecule has 1 saturated heterocycles. The predicted octanol–water partition coefficient (Wildman–Crippen LogP) is 4.22. The Kier molecular flexibility index (Phi) is 7.84. The monoisotopic (exact) mass is 486 g/mol. The van der Waals surface area contributed by atoms with Gasteiger partial charge in [-0.2, -0.15) is 0 Å². The van der Waals surface area contributed by atoms with Gasteiger partial charge in [-0.25, -0.2) is 0 Å². The van der Waals surface area contributed by atoms with Gasteiger partial charge in [0.1, 0.15) is 5.75 Å². The highest BCUT2D eigenvalue weighted by atomic mass is 127. The Labute approximate surface area is 176 Å². The van der Waals surface area contributed by atoms with Crippen LogP contribution in [0.3, 0.4) is 0 Å². The van der Waals surface area contributed by atoms with Crippen molar-refractivity contribution in [2.75, 3.05) is 37.0 Å². The van der Waals surface area contributed by atoms with Crippen LogP contribution in [0.25, 0.3) is 0 Å². The summed E-state index contributed by atoms with van der Waals surface area (Å²) in [6.45, 7) is 2.78. The first-order valence-electron chi connectivity index (χ1n) is 8.36. The Morgan fingerprint density at radius 1 is 1.31 bits per heavy atom. The van der Waals surface area contributed by atoms with Gasteiger partial charge in [0.15, 0.2) is 5.96 Å². The second-order valence-electron chi connectivity index (χ2n) is 6.14. The van der Waals surface area contributed by atoms with Crippen LogP contribution in [0, 0.1) is 5.92 Å². The molecule has 0 aliphatic carbocycles. The molecule has 0 bridgehead atoms. The second-order valence-corrected chi connectivity index (χ2v) is 6.54. The van der Waals surface area contributed by atoms with E-state index in [1.807, 2.05) is 12.1 Å². The van der Waals surface area contributed by atoms with Crippen molar-refractivity contribution in [1.82, 2.24) is 0 Å². The molecule has 0 amide bonds. The van der Waals surface area contributed by atoms with Crippen molar-refractivity contribution in [3.8, 4) is 5.75 Å². The molecule has 3 rings (SSSR count). The molecular formula is C19H24ClIN4O. The van der Waals surface area contributed by atoms with E-state index < -0.39 is 0 Å². The number of hydrogen-bond donors (Lipinski definition) is 2. The Morgan fingerprint density at radius 2 is 2.08 bits per heavy atom. The number of methoxy groups -OCH3 is 1. The first-order chi connectivity index (χ1) is 12.2. The minimum Gasteiger partial charge on any atom is -0.495 e. The third-order valence-electron chi connectivity index (χ3n) is 4.35. The van der Waals surface area contributed by atoms with Gasteiger partial charge in [-0.3, -0.25) is 4.99 Å². The fraction of sp³-hybridized carbons (Fsp3) is 0.316. The first kappa shape index (κ1) is 20.6. The van der Waals surface area contributed by atoms with Crippen LogP contribution in [0.5, 0.6) is 5.75 Å². The van der Waals surface area contributed by atoms with Gasteiger partial charge >= 0.3 is 0 Å². The standard InChI is InChI=1S/C19H23ClN4O.HI/c1-25-18-8-7-15(11-17(18)20)23-19(21)22-12-14-9-10-24(13-14)16-5-3-2-4-6-16;/h2-8,11,14H,9-10,12-13H2,1H3,(H3,21,22,23);1H. The molecule has 26 heavy (non-hydrogen) atoms. The summed E-state index contributed by atoms with van der Waals surface area (Å²) in [4.78, 5) is 6.88. The molecule has 0 aromatic heterocycles. The molecule has 7 heteroatoms. The topological polar surface area (TPSA) is 62.9 Å². The van der Waals surface area contributed by atoms with Crippen LogP contribution in [0.1, 0.15) is 6.42 Å². The number of nitrogens with two attached hydrogens (primary N) is 1. The fourth-order valence-electron chi connectivity index (χ4n) is 3.01. The molecule has 2 aromatic carbocycles. The smallest absolute Gasteiger partial charge is 0.193 e. The Morgan fingerprint density at radius 3 is 2.77 bits per heavy atom. The third kappa shape index (κ3) is 5.41. The largest absolute Gasteiger partial charge is 0.495 e. The summed E-state index contributed by atoms with van der Waals surface area (Å²) in [6, 6.07) is 15.9. The number of benzene rings is 2. The van der Waals surface area contributed by atoms with E-state index in [1.165, 1.54) is 5.69 Å². The lowest BCUT2D eigenvalue weighted by atomic mass is 10.1. The summed E-state index contributed by atoms with van der Waals surface area (Å²) in [5.74, 6) is 1.55. The van der Waals surface area contributed by atoms with Gasteiger partial charge in [0.2, 0.25) is 0 Å². The number of hydrogen-bond acceptors (Lipinski definition) is 3. The molecule has 1 fully saturated rings. The second kappa shape index (κ2) is 9.87. The van der Waals surface area contributed by atoms with Gasteiger partial charge < -0.3 is 20.7 Å². The molecule has 1 aliphatic heterocycles. The lowest BCUT2D eigenvalue weighted by Gasteiger charge is -2.18. The van der Waals surface area contributed by atoms with E-state index in [-0.39, 0.29) is 24.0 Å². The van der Waals surface area contributed by atoms with Crippen molar-refractivity contribution in [1.29, 1.82) is 0 Å². The summed E-state index contributed by atoms with van der Waals surface area (Å²) in [5.41, 5.74) is 8.07. The minimum atomic E-state index is 0. The molecule has 0 radical (unpaired) electrons. The van der Waals surface area contributed by atoms with Crippen molar-refractivity contribution >= 4 is 52.9 Å². The van der Waals surface area contributed by atoms with Crippen molar-refractivity contribution in [3.63, 3.8) is 0 Å². The maximum Gasteiger partial charge on any atom is 0.193 e. The van der Waals surface area contributed by atoms with E-state index in [2.05, 4.69) is 39.5 Å². The maximum atomic E-state index is 6.12. The molecule has 5 nitrogen and oxygen atoms in total. The number of rotatable bonds is 5. The molecule has 140 valence electrons. The van der Waals surface area contributed by atoms with E-state index in [9.17, 15) is 0 Å². The zero-order chi connectivity index (χ0) is 17.6. The Balaban J connectivity index is 0.00000243. The van der Waals surface area contributed by atoms with Crippen molar-refractivity contribution in [2.24, 2.45) is 16.6 Å². The lowest BCUT2D eigenvalue weighted by molar-refractivity contribution is 0.415. The van der Waals surface area contributed by atoms with Gasteiger partial charge in [-0.15, -0.1) is 24.0 Å². The summed E-state index contributed by atoms with van der Waals surface area (Å²) in [5, 5.41) is 3.61. The molecule has 2 aromatic rings. The number of halogens is 2. The van der Waals surface area contributed by atoms with Crippen LogP contribution in [-0.2, 0) is 0 Å². The van der Waals surface area contributed by atoms with Gasteiger partial charge in [-0.1, -0.05) is 29.8 Å². The molecule has 1 unspecified atom stereocenters. The van der Waals surface area contributed by atoms with Crippen molar-refractivity contribution in [3.05, 3.63) is 53.6 Å². The normalized spacial score (nSPS) is 16.9. The average molecular weight is 487 g/mol. The van der Waals surface area contributed by atoms with Crippen LogP contribution in [0.15, 0.2) is 53.5 Å². The predicted molar refractivity (Wildman–Crippen MR) is 120 cm³/mol. The van der Waals surface area contributed by atoms with Crippen LogP contribution < -0.4 is 20.7 Å². The molecule has 1 atom stereocenters. The molecule has 0 saturated carbocycles. The molecule has 1 heterocycles. The van der Waals surface area contributed by atoms with Gasteiger partial charge in [0, 0.05) is 31.0 Å². The van der Waals surface area contributed by atoms with Gasteiger partial charge in [-0.05, 0) is 42.7 Å². The van der Waals surface area contributed by atoms with E-state index in [0.717, 1.165) is 25.2 Å².